The summed E-state index contributed by atoms with van der Waals surface area (Å²) in [4.78, 5) is 13.8. The van der Waals surface area contributed by atoms with Gasteiger partial charge in [-0.15, -0.1) is 0 Å². The second-order valence-electron chi connectivity index (χ2n) is 3.65. The molecule has 0 amide bonds. The van der Waals surface area contributed by atoms with E-state index in [1.165, 1.54) is 6.20 Å². The molecule has 0 saturated carbocycles. The second-order valence-corrected chi connectivity index (χ2v) is 4.03. The lowest BCUT2D eigenvalue weighted by atomic mass is 10.2. The third-order valence-electron chi connectivity index (χ3n) is 2.22. The van der Waals surface area contributed by atoms with Gasteiger partial charge in [0.1, 0.15) is 11.0 Å². The first-order valence-corrected chi connectivity index (χ1v) is 5.26. The van der Waals surface area contributed by atoms with Crippen molar-refractivity contribution in [3.63, 3.8) is 0 Å². The number of halogens is 2. The monoisotopic (exact) mass is 252 g/mol. The number of pyridine rings is 1. The summed E-state index contributed by atoms with van der Waals surface area (Å²) < 4.78 is 13.6. The van der Waals surface area contributed by atoms with Crippen molar-refractivity contribution in [2.24, 2.45) is 0 Å². The molecule has 0 aliphatic heterocycles. The van der Waals surface area contributed by atoms with E-state index in [9.17, 15) is 4.39 Å². The number of nitrogens with zero attached hydrogens (tertiary/aromatic N) is 4. The predicted octanol–water partition coefficient (Wildman–Crippen LogP) is 2.40. The van der Waals surface area contributed by atoms with Crippen LogP contribution in [0, 0.1) is 5.82 Å². The Hall–Kier alpha value is -1.75. The van der Waals surface area contributed by atoms with Gasteiger partial charge in [0.2, 0.25) is 0 Å². The molecule has 0 atom stereocenters. The van der Waals surface area contributed by atoms with E-state index < -0.39 is 5.82 Å². The van der Waals surface area contributed by atoms with Gasteiger partial charge in [-0.2, -0.15) is 0 Å². The first-order chi connectivity index (χ1) is 8.08. The van der Waals surface area contributed by atoms with Crippen LogP contribution in [0.25, 0.3) is 11.4 Å². The minimum atomic E-state index is -0.484. The lowest BCUT2D eigenvalue weighted by Crippen LogP contribution is -2.09. The fourth-order valence-corrected chi connectivity index (χ4v) is 1.41. The van der Waals surface area contributed by atoms with Crippen LogP contribution in [0.5, 0.6) is 0 Å². The van der Waals surface area contributed by atoms with Crippen LogP contribution in [-0.4, -0.2) is 29.0 Å². The Morgan fingerprint density at radius 1 is 1.12 bits per heavy atom. The Bertz CT molecular complexity index is 527. The average molecular weight is 253 g/mol. The van der Waals surface area contributed by atoms with E-state index >= 15 is 0 Å². The molecule has 0 N–H and O–H groups in total. The van der Waals surface area contributed by atoms with Gasteiger partial charge in [0.25, 0.3) is 0 Å². The molecule has 0 saturated heterocycles. The van der Waals surface area contributed by atoms with Crippen LogP contribution in [-0.2, 0) is 0 Å². The van der Waals surface area contributed by atoms with Crippen molar-refractivity contribution in [1.29, 1.82) is 0 Å². The Morgan fingerprint density at radius 2 is 1.76 bits per heavy atom. The summed E-state index contributed by atoms with van der Waals surface area (Å²) in [5, 5.41) is 0.108. The van der Waals surface area contributed by atoms with E-state index in [1.54, 1.807) is 12.4 Å². The van der Waals surface area contributed by atoms with Gasteiger partial charge < -0.3 is 4.90 Å². The standard InChI is InChI=1S/C11H10ClFN4/c1-17(2)7-4-15-11(16-5-7)8-6-14-10(12)3-9(8)13/h3-6H,1-2H3. The maximum atomic E-state index is 13.6. The molecule has 6 heteroatoms. The molecule has 0 radical (unpaired) electrons. The van der Waals surface area contributed by atoms with Crippen LogP contribution < -0.4 is 4.90 Å². The molecule has 0 aromatic carbocycles. The van der Waals surface area contributed by atoms with E-state index in [2.05, 4.69) is 15.0 Å². The van der Waals surface area contributed by atoms with Gasteiger partial charge in [-0.1, -0.05) is 11.6 Å². The van der Waals surface area contributed by atoms with Crippen molar-refractivity contribution in [2.45, 2.75) is 0 Å². The molecule has 0 unspecified atom stereocenters. The fourth-order valence-electron chi connectivity index (χ4n) is 1.26. The Labute approximate surface area is 103 Å². The molecule has 2 aromatic rings. The van der Waals surface area contributed by atoms with Crippen molar-refractivity contribution < 1.29 is 4.39 Å². The lowest BCUT2D eigenvalue weighted by molar-refractivity contribution is 0.628. The summed E-state index contributed by atoms with van der Waals surface area (Å²) in [5.74, 6) is -0.195. The zero-order chi connectivity index (χ0) is 12.4. The maximum Gasteiger partial charge on any atom is 0.163 e. The van der Waals surface area contributed by atoms with Crippen LogP contribution in [0.15, 0.2) is 24.7 Å². The highest BCUT2D eigenvalue weighted by Crippen LogP contribution is 2.21. The minimum absolute atomic E-state index is 0.108. The van der Waals surface area contributed by atoms with Gasteiger partial charge in [0, 0.05) is 26.4 Å². The third-order valence-corrected chi connectivity index (χ3v) is 2.42. The van der Waals surface area contributed by atoms with Gasteiger partial charge >= 0.3 is 0 Å². The summed E-state index contributed by atoms with van der Waals surface area (Å²) in [6, 6.07) is 1.14. The molecular formula is C11H10ClFN4. The van der Waals surface area contributed by atoms with E-state index in [-0.39, 0.29) is 16.5 Å². The van der Waals surface area contributed by atoms with E-state index in [1.807, 2.05) is 19.0 Å². The average Bonchev–Trinajstić information content (AvgIpc) is 2.29. The highest BCUT2D eigenvalue weighted by Gasteiger charge is 2.09. The molecule has 0 aliphatic carbocycles. The number of hydrogen-bond donors (Lipinski definition) is 0. The quantitative estimate of drug-likeness (QED) is 0.770. The smallest absolute Gasteiger partial charge is 0.163 e. The van der Waals surface area contributed by atoms with Gasteiger partial charge in [0.05, 0.1) is 23.6 Å². The van der Waals surface area contributed by atoms with Crippen LogP contribution in [0.1, 0.15) is 0 Å². The molecular weight excluding hydrogens is 243 g/mol. The zero-order valence-corrected chi connectivity index (χ0v) is 10.1. The molecule has 0 aliphatic rings. The lowest BCUT2D eigenvalue weighted by Gasteiger charge is -2.11. The van der Waals surface area contributed by atoms with Crippen molar-refractivity contribution in [2.75, 3.05) is 19.0 Å². The number of anilines is 1. The number of hydrogen-bond acceptors (Lipinski definition) is 4. The van der Waals surface area contributed by atoms with E-state index in [0.29, 0.717) is 0 Å². The van der Waals surface area contributed by atoms with Crippen LogP contribution in [0.2, 0.25) is 5.15 Å². The van der Waals surface area contributed by atoms with Gasteiger partial charge in [-0.25, -0.2) is 19.3 Å². The Kier molecular flexibility index (Phi) is 3.19. The first-order valence-electron chi connectivity index (χ1n) is 4.88. The van der Waals surface area contributed by atoms with Crippen molar-refractivity contribution >= 4 is 17.3 Å². The van der Waals surface area contributed by atoms with Gasteiger partial charge in [-0.05, 0) is 0 Å². The molecule has 88 valence electrons. The normalized spacial score (nSPS) is 10.4. The maximum absolute atomic E-state index is 13.6. The topological polar surface area (TPSA) is 41.9 Å². The summed E-state index contributed by atoms with van der Waals surface area (Å²) in [5.41, 5.74) is 1.08. The summed E-state index contributed by atoms with van der Waals surface area (Å²) in [6.45, 7) is 0. The summed E-state index contributed by atoms with van der Waals surface area (Å²) in [6.07, 6.45) is 4.56. The molecule has 4 nitrogen and oxygen atoms in total. The SMILES string of the molecule is CN(C)c1cnc(-c2cnc(Cl)cc2F)nc1. The second kappa shape index (κ2) is 4.63. The molecule has 0 bridgehead atoms. The molecule has 2 heterocycles. The number of aromatic nitrogens is 3. The summed E-state index contributed by atoms with van der Waals surface area (Å²) >= 11 is 5.57. The Balaban J connectivity index is 2.40. The molecule has 2 rings (SSSR count). The largest absolute Gasteiger partial charge is 0.375 e. The van der Waals surface area contributed by atoms with Crippen molar-refractivity contribution in [3.05, 3.63) is 35.6 Å². The summed E-state index contributed by atoms with van der Waals surface area (Å²) in [7, 11) is 3.76. The predicted molar refractivity (Wildman–Crippen MR) is 64.6 cm³/mol. The van der Waals surface area contributed by atoms with Gasteiger partial charge in [0.15, 0.2) is 5.82 Å². The highest BCUT2D eigenvalue weighted by molar-refractivity contribution is 6.29. The number of rotatable bonds is 2. The molecule has 0 spiro atoms. The van der Waals surface area contributed by atoms with E-state index in [0.717, 1.165) is 11.8 Å². The van der Waals surface area contributed by atoms with Gasteiger partial charge in [-0.3, -0.25) is 0 Å². The molecule has 2 aromatic heterocycles. The van der Waals surface area contributed by atoms with Crippen LogP contribution in [0.4, 0.5) is 10.1 Å². The molecule has 17 heavy (non-hydrogen) atoms. The van der Waals surface area contributed by atoms with Crippen LogP contribution >= 0.6 is 11.6 Å². The molecule has 0 fully saturated rings. The fraction of sp³-hybridized carbons (Fsp3) is 0.182. The van der Waals surface area contributed by atoms with Crippen LogP contribution in [0.3, 0.4) is 0 Å². The Morgan fingerprint density at radius 3 is 2.29 bits per heavy atom. The highest BCUT2D eigenvalue weighted by atomic mass is 35.5. The minimum Gasteiger partial charge on any atom is -0.375 e. The van der Waals surface area contributed by atoms with Crippen molar-refractivity contribution in [1.82, 2.24) is 15.0 Å². The first kappa shape index (κ1) is 11.7. The third kappa shape index (κ3) is 2.50. The van der Waals surface area contributed by atoms with Crippen molar-refractivity contribution in [3.8, 4) is 11.4 Å². The zero-order valence-electron chi connectivity index (χ0n) is 9.35. The van der Waals surface area contributed by atoms with E-state index in [4.69, 9.17) is 11.6 Å².